The van der Waals surface area contributed by atoms with E-state index < -0.39 is 11.6 Å². The maximum atomic E-state index is 13.6. The highest BCUT2D eigenvalue weighted by Gasteiger charge is 2.24. The lowest BCUT2D eigenvalue weighted by molar-refractivity contribution is 0.0937. The molecule has 1 atom stereocenters. The second-order valence-electron chi connectivity index (χ2n) is 7.13. The van der Waals surface area contributed by atoms with E-state index in [9.17, 15) is 13.6 Å². The largest absolute Gasteiger partial charge is 0.356 e. The van der Waals surface area contributed by atoms with Crippen LogP contribution < -0.4 is 5.32 Å². The van der Waals surface area contributed by atoms with Crippen molar-refractivity contribution in [2.24, 2.45) is 0 Å². The van der Waals surface area contributed by atoms with E-state index in [1.165, 1.54) is 12.3 Å². The third-order valence-corrected chi connectivity index (χ3v) is 5.39. The van der Waals surface area contributed by atoms with Gasteiger partial charge in [-0.1, -0.05) is 18.1 Å². The number of hydrogen-bond acceptors (Lipinski definition) is 4. The summed E-state index contributed by atoms with van der Waals surface area (Å²) in [6, 6.07) is 5.63. The van der Waals surface area contributed by atoms with E-state index in [4.69, 9.17) is 4.52 Å². The van der Waals surface area contributed by atoms with Crippen LogP contribution in [0.15, 0.2) is 41.2 Å². The summed E-state index contributed by atoms with van der Waals surface area (Å²) in [6.07, 6.45) is 5.31. The van der Waals surface area contributed by atoms with Gasteiger partial charge in [0.25, 0.3) is 5.91 Å². The Morgan fingerprint density at radius 1 is 1.31 bits per heavy atom. The first kappa shape index (κ1) is 19.3. The van der Waals surface area contributed by atoms with Crippen LogP contribution in [0.1, 0.15) is 30.3 Å². The van der Waals surface area contributed by atoms with Crippen LogP contribution in [0.4, 0.5) is 8.78 Å². The lowest BCUT2D eigenvalue weighted by atomic mass is 10.0. The molecule has 1 aliphatic heterocycles. The van der Waals surface area contributed by atoms with Gasteiger partial charge < -0.3 is 14.8 Å². The van der Waals surface area contributed by atoms with Crippen LogP contribution in [0.2, 0.25) is 0 Å². The maximum absolute atomic E-state index is 13.6. The fraction of sp³-hybridized carbons (Fsp3) is 0.333. The van der Waals surface area contributed by atoms with Crippen molar-refractivity contribution in [2.45, 2.75) is 25.8 Å². The highest BCUT2D eigenvalue weighted by molar-refractivity contribution is 5.94. The lowest BCUT2D eigenvalue weighted by Crippen LogP contribution is -2.40. The molecule has 1 aromatic carbocycles. The fourth-order valence-electron chi connectivity index (χ4n) is 3.82. The van der Waals surface area contributed by atoms with Gasteiger partial charge in [-0.15, -0.1) is 0 Å². The third-order valence-electron chi connectivity index (χ3n) is 5.39. The van der Waals surface area contributed by atoms with Crippen molar-refractivity contribution in [1.82, 2.24) is 20.4 Å². The molecule has 0 radical (unpaired) electrons. The predicted octanol–water partition coefficient (Wildman–Crippen LogP) is 3.83. The minimum absolute atomic E-state index is 0.201. The summed E-state index contributed by atoms with van der Waals surface area (Å²) in [6.45, 7) is 4.77. The number of nitrogens with zero attached hydrogens (tertiary/aromatic N) is 2. The molecule has 1 unspecified atom stereocenters. The van der Waals surface area contributed by atoms with Crippen molar-refractivity contribution in [1.29, 1.82) is 0 Å². The predicted molar refractivity (Wildman–Crippen MR) is 104 cm³/mol. The number of aromatic nitrogens is 2. The molecule has 1 fully saturated rings. The Kier molecular flexibility index (Phi) is 5.44. The van der Waals surface area contributed by atoms with Crippen LogP contribution in [0.5, 0.6) is 0 Å². The van der Waals surface area contributed by atoms with Crippen LogP contribution in [-0.2, 0) is 0 Å². The van der Waals surface area contributed by atoms with Crippen LogP contribution in [0, 0.1) is 11.6 Å². The standard InChI is InChI=1S/C21H22F2N4O2/c1-2-27-7-3-4-15(27)11-25-21(28)19-9-14(10-24-19)20-16(12-26-29-20)13-5-6-17(22)18(23)8-13/h5-6,8-10,12,15,24H,2-4,7,11H2,1H3,(H,25,28). The molecule has 0 aliphatic carbocycles. The van der Waals surface area contributed by atoms with Crippen molar-refractivity contribution in [2.75, 3.05) is 19.6 Å². The number of hydrogen-bond donors (Lipinski definition) is 2. The summed E-state index contributed by atoms with van der Waals surface area (Å²) >= 11 is 0. The molecule has 29 heavy (non-hydrogen) atoms. The topological polar surface area (TPSA) is 74.2 Å². The quantitative estimate of drug-likeness (QED) is 0.660. The number of benzene rings is 1. The van der Waals surface area contributed by atoms with E-state index in [2.05, 4.69) is 27.3 Å². The van der Waals surface area contributed by atoms with Gasteiger partial charge in [0, 0.05) is 29.9 Å². The summed E-state index contributed by atoms with van der Waals surface area (Å²) in [4.78, 5) is 17.8. The maximum Gasteiger partial charge on any atom is 0.267 e. The molecule has 152 valence electrons. The molecule has 0 saturated carbocycles. The number of likely N-dealkylation sites (N-methyl/N-ethyl adjacent to an activating group) is 1. The number of rotatable bonds is 6. The first-order chi connectivity index (χ1) is 14.1. The highest BCUT2D eigenvalue weighted by atomic mass is 19.2. The third kappa shape index (κ3) is 3.93. The van der Waals surface area contributed by atoms with E-state index in [0.29, 0.717) is 40.7 Å². The number of carbonyl (C=O) groups is 1. The van der Waals surface area contributed by atoms with Gasteiger partial charge in [-0.3, -0.25) is 9.69 Å². The molecular weight excluding hydrogens is 378 g/mol. The molecule has 0 spiro atoms. The van der Waals surface area contributed by atoms with E-state index in [0.717, 1.165) is 38.1 Å². The Morgan fingerprint density at radius 3 is 2.97 bits per heavy atom. The molecule has 3 aromatic rings. The molecule has 2 aromatic heterocycles. The van der Waals surface area contributed by atoms with E-state index in [-0.39, 0.29) is 5.91 Å². The van der Waals surface area contributed by atoms with Crippen molar-refractivity contribution in [3.8, 4) is 22.5 Å². The zero-order valence-corrected chi connectivity index (χ0v) is 16.0. The average molecular weight is 400 g/mol. The molecule has 8 heteroatoms. The van der Waals surface area contributed by atoms with Crippen molar-refractivity contribution in [3.05, 3.63) is 54.0 Å². The van der Waals surface area contributed by atoms with Gasteiger partial charge in [0.05, 0.1) is 6.20 Å². The zero-order chi connectivity index (χ0) is 20.4. The molecule has 1 aliphatic rings. The van der Waals surface area contributed by atoms with Gasteiger partial charge in [-0.2, -0.15) is 0 Å². The van der Waals surface area contributed by atoms with Gasteiger partial charge in [0.2, 0.25) is 0 Å². The second kappa shape index (κ2) is 8.16. The van der Waals surface area contributed by atoms with Crippen LogP contribution >= 0.6 is 0 Å². The molecule has 1 amide bonds. The second-order valence-corrected chi connectivity index (χ2v) is 7.13. The number of nitrogens with one attached hydrogen (secondary N) is 2. The zero-order valence-electron chi connectivity index (χ0n) is 16.0. The Morgan fingerprint density at radius 2 is 2.17 bits per heavy atom. The number of halogens is 2. The number of likely N-dealkylation sites (tertiary alicyclic amines) is 1. The van der Waals surface area contributed by atoms with Crippen LogP contribution in [-0.4, -0.2) is 46.6 Å². The smallest absolute Gasteiger partial charge is 0.267 e. The fourth-order valence-corrected chi connectivity index (χ4v) is 3.82. The van der Waals surface area contributed by atoms with Gasteiger partial charge >= 0.3 is 0 Å². The minimum Gasteiger partial charge on any atom is -0.356 e. The number of amides is 1. The molecule has 2 N–H and O–H groups in total. The first-order valence-corrected chi connectivity index (χ1v) is 9.68. The Bertz CT molecular complexity index is 1010. The molecule has 1 saturated heterocycles. The monoisotopic (exact) mass is 400 g/mol. The summed E-state index contributed by atoms with van der Waals surface area (Å²) in [5.41, 5.74) is 1.95. The molecule has 4 rings (SSSR count). The van der Waals surface area contributed by atoms with Crippen molar-refractivity contribution >= 4 is 5.91 Å². The van der Waals surface area contributed by atoms with E-state index in [1.54, 1.807) is 12.3 Å². The van der Waals surface area contributed by atoms with E-state index in [1.807, 2.05) is 0 Å². The van der Waals surface area contributed by atoms with E-state index >= 15 is 0 Å². The number of carbonyl (C=O) groups excluding carboxylic acids is 1. The number of H-pyrrole nitrogens is 1. The first-order valence-electron chi connectivity index (χ1n) is 9.68. The van der Waals surface area contributed by atoms with Gasteiger partial charge in [-0.05, 0) is 49.7 Å². The van der Waals surface area contributed by atoms with Crippen LogP contribution in [0.3, 0.4) is 0 Å². The summed E-state index contributed by atoms with van der Waals surface area (Å²) in [7, 11) is 0. The summed E-state index contributed by atoms with van der Waals surface area (Å²) < 4.78 is 32.1. The number of aromatic amines is 1. The SMILES string of the molecule is CCN1CCCC1CNC(=O)c1cc(-c2oncc2-c2ccc(F)c(F)c2)c[nH]1. The average Bonchev–Trinajstić information content (AvgIpc) is 3.47. The molecular formula is C21H22F2N4O2. The summed E-state index contributed by atoms with van der Waals surface area (Å²) in [5, 5.41) is 6.75. The van der Waals surface area contributed by atoms with Gasteiger partial charge in [-0.25, -0.2) is 8.78 Å². The Hall–Kier alpha value is -3.00. The molecule has 0 bridgehead atoms. The minimum atomic E-state index is -0.947. The van der Waals surface area contributed by atoms with Crippen molar-refractivity contribution < 1.29 is 18.1 Å². The lowest BCUT2D eigenvalue weighted by Gasteiger charge is -2.22. The highest BCUT2D eigenvalue weighted by Crippen LogP contribution is 2.33. The van der Waals surface area contributed by atoms with Crippen LogP contribution in [0.25, 0.3) is 22.5 Å². The van der Waals surface area contributed by atoms with Gasteiger partial charge in [0.15, 0.2) is 17.4 Å². The molecule has 6 nitrogen and oxygen atoms in total. The molecule has 3 heterocycles. The van der Waals surface area contributed by atoms with Crippen molar-refractivity contribution in [3.63, 3.8) is 0 Å². The Balaban J connectivity index is 1.49. The van der Waals surface area contributed by atoms with Gasteiger partial charge in [0.1, 0.15) is 5.69 Å². The normalized spacial score (nSPS) is 17.0. The summed E-state index contributed by atoms with van der Waals surface area (Å²) in [5.74, 6) is -1.69. The Labute approximate surface area is 166 Å².